The lowest BCUT2D eigenvalue weighted by atomic mass is 10.4. The van der Waals surface area contributed by atoms with Gasteiger partial charge in [0.05, 0.1) is 4.90 Å². The summed E-state index contributed by atoms with van der Waals surface area (Å²) < 4.78 is 29.7. The van der Waals surface area contributed by atoms with Gasteiger partial charge in [0.1, 0.15) is 17.6 Å². The molecule has 0 aliphatic heterocycles. The fraction of sp³-hybridized carbons (Fsp3) is 0.0714. The van der Waals surface area contributed by atoms with E-state index in [-0.39, 0.29) is 9.80 Å². The Morgan fingerprint density at radius 3 is 2.42 bits per heavy atom. The van der Waals surface area contributed by atoms with Crippen molar-refractivity contribution in [2.75, 3.05) is 0 Å². The molecule has 19 heavy (non-hydrogen) atoms. The predicted molar refractivity (Wildman–Crippen MR) is 70.7 cm³/mol. The molecule has 4 nitrogen and oxygen atoms in total. The summed E-state index contributed by atoms with van der Waals surface area (Å²) in [4.78, 5) is -0.251. The van der Waals surface area contributed by atoms with E-state index in [9.17, 15) is 8.42 Å². The smallest absolute Gasteiger partial charge is 0.216 e. The van der Waals surface area contributed by atoms with Crippen LogP contribution in [0.15, 0.2) is 56.7 Å². The molecule has 0 aliphatic rings. The fourth-order valence-corrected chi connectivity index (χ4v) is 2.72. The van der Waals surface area contributed by atoms with E-state index in [4.69, 9.17) is 9.68 Å². The summed E-state index contributed by atoms with van der Waals surface area (Å²) >= 11 is 0. The van der Waals surface area contributed by atoms with E-state index >= 15 is 0 Å². The van der Waals surface area contributed by atoms with Gasteiger partial charge < -0.3 is 4.42 Å². The summed E-state index contributed by atoms with van der Waals surface area (Å²) in [5.74, 6) is 0.995. The number of sulfone groups is 1. The highest BCUT2D eigenvalue weighted by atomic mass is 32.2. The Balaban J connectivity index is 2.49. The Morgan fingerprint density at radius 1 is 1.21 bits per heavy atom. The van der Waals surface area contributed by atoms with Gasteiger partial charge in [0.15, 0.2) is 4.91 Å². The van der Waals surface area contributed by atoms with E-state index in [0.29, 0.717) is 11.5 Å². The summed E-state index contributed by atoms with van der Waals surface area (Å²) in [5.41, 5.74) is 0. The molecule has 0 saturated heterocycles. The second-order valence-corrected chi connectivity index (χ2v) is 5.80. The second kappa shape index (κ2) is 5.12. The predicted octanol–water partition coefficient (Wildman–Crippen LogP) is 2.93. The first kappa shape index (κ1) is 13.1. The number of hydrogen-bond acceptors (Lipinski definition) is 4. The van der Waals surface area contributed by atoms with Crippen LogP contribution < -0.4 is 0 Å². The van der Waals surface area contributed by atoms with E-state index in [0.717, 1.165) is 0 Å². The fourth-order valence-electron chi connectivity index (χ4n) is 1.56. The van der Waals surface area contributed by atoms with Gasteiger partial charge in [0.2, 0.25) is 9.84 Å². The monoisotopic (exact) mass is 273 g/mol. The number of nitrogens with zero attached hydrogens (tertiary/aromatic N) is 1. The maximum Gasteiger partial charge on any atom is 0.216 e. The molecule has 0 atom stereocenters. The first-order valence-electron chi connectivity index (χ1n) is 5.52. The summed E-state index contributed by atoms with van der Waals surface area (Å²) in [6, 6.07) is 12.9. The Bertz CT molecular complexity index is 749. The lowest BCUT2D eigenvalue weighted by molar-refractivity contribution is 0.525. The lowest BCUT2D eigenvalue weighted by Crippen LogP contribution is -2.03. The average molecular weight is 273 g/mol. The van der Waals surface area contributed by atoms with E-state index in [1.165, 1.54) is 18.2 Å². The molecular weight excluding hydrogens is 262 g/mol. The van der Waals surface area contributed by atoms with Crippen LogP contribution in [-0.4, -0.2) is 8.42 Å². The van der Waals surface area contributed by atoms with Crippen LogP contribution in [0.3, 0.4) is 0 Å². The maximum absolute atomic E-state index is 12.2. The molecule has 2 rings (SSSR count). The molecule has 2 aromatic rings. The Morgan fingerprint density at radius 2 is 1.89 bits per heavy atom. The van der Waals surface area contributed by atoms with Crippen molar-refractivity contribution in [3.63, 3.8) is 0 Å². The maximum atomic E-state index is 12.2. The van der Waals surface area contributed by atoms with Crippen molar-refractivity contribution >= 4 is 15.9 Å². The number of hydrogen-bond donors (Lipinski definition) is 0. The molecule has 0 radical (unpaired) electrons. The quantitative estimate of drug-likeness (QED) is 0.806. The van der Waals surface area contributed by atoms with Gasteiger partial charge in [0.25, 0.3) is 0 Å². The Labute approximate surface area is 111 Å². The first-order chi connectivity index (χ1) is 9.04. The van der Waals surface area contributed by atoms with Crippen LogP contribution in [-0.2, 0) is 9.84 Å². The average Bonchev–Trinajstić information content (AvgIpc) is 2.82. The third-order valence-corrected chi connectivity index (χ3v) is 4.17. The molecule has 1 aromatic carbocycles. The van der Waals surface area contributed by atoms with E-state index in [2.05, 4.69) is 0 Å². The highest BCUT2D eigenvalue weighted by Crippen LogP contribution is 2.21. The minimum Gasteiger partial charge on any atom is -0.462 e. The van der Waals surface area contributed by atoms with Crippen molar-refractivity contribution in [2.45, 2.75) is 11.8 Å². The third kappa shape index (κ3) is 2.75. The number of aryl methyl sites for hydroxylation is 1. The third-order valence-electron chi connectivity index (χ3n) is 2.49. The van der Waals surface area contributed by atoms with Crippen molar-refractivity contribution in [3.05, 3.63) is 58.9 Å². The van der Waals surface area contributed by atoms with Gasteiger partial charge in [-0.3, -0.25) is 0 Å². The van der Waals surface area contributed by atoms with Crippen LogP contribution in [0, 0.1) is 18.3 Å². The summed E-state index contributed by atoms with van der Waals surface area (Å²) in [6.07, 6.45) is 1.23. The zero-order valence-electron chi connectivity index (χ0n) is 10.2. The van der Waals surface area contributed by atoms with Crippen LogP contribution >= 0.6 is 0 Å². The van der Waals surface area contributed by atoms with Gasteiger partial charge in [-0.25, -0.2) is 8.42 Å². The topological polar surface area (TPSA) is 71.1 Å². The van der Waals surface area contributed by atoms with Crippen molar-refractivity contribution in [3.8, 4) is 6.07 Å². The van der Waals surface area contributed by atoms with Gasteiger partial charge in [-0.15, -0.1) is 0 Å². The summed E-state index contributed by atoms with van der Waals surface area (Å²) in [5, 5.41) is 9.05. The number of allylic oxidation sites excluding steroid dienone is 1. The van der Waals surface area contributed by atoms with Gasteiger partial charge >= 0.3 is 0 Å². The SMILES string of the molecule is Cc1ccc(C=C(C#N)S(=O)(=O)c2ccccc2)o1. The van der Waals surface area contributed by atoms with Crippen LogP contribution in [0.25, 0.3) is 6.08 Å². The number of furan rings is 1. The first-order valence-corrected chi connectivity index (χ1v) is 7.01. The molecule has 1 aromatic heterocycles. The molecule has 1 heterocycles. The Kier molecular flexibility index (Phi) is 3.54. The molecule has 0 aliphatic carbocycles. The normalized spacial score (nSPS) is 12.1. The lowest BCUT2D eigenvalue weighted by Gasteiger charge is -2.01. The van der Waals surface area contributed by atoms with Crippen molar-refractivity contribution in [2.24, 2.45) is 0 Å². The molecule has 0 N–H and O–H groups in total. The molecule has 0 fully saturated rings. The van der Waals surface area contributed by atoms with E-state index < -0.39 is 9.84 Å². The second-order valence-electron chi connectivity index (χ2n) is 3.89. The zero-order chi connectivity index (χ0) is 13.9. The van der Waals surface area contributed by atoms with Gasteiger partial charge in [-0.2, -0.15) is 5.26 Å². The van der Waals surface area contributed by atoms with Gasteiger partial charge in [-0.05, 0) is 31.2 Å². The van der Waals surface area contributed by atoms with E-state index in [1.807, 2.05) is 0 Å². The van der Waals surface area contributed by atoms with Crippen LogP contribution in [0.4, 0.5) is 0 Å². The van der Waals surface area contributed by atoms with Crippen molar-refractivity contribution in [1.82, 2.24) is 0 Å². The summed E-state index contributed by atoms with van der Waals surface area (Å²) in [7, 11) is -3.80. The number of rotatable bonds is 3. The molecule has 96 valence electrons. The largest absolute Gasteiger partial charge is 0.462 e. The highest BCUT2D eigenvalue weighted by molar-refractivity contribution is 7.95. The number of benzene rings is 1. The molecule has 0 amide bonds. The molecule has 5 heteroatoms. The van der Waals surface area contributed by atoms with Crippen molar-refractivity contribution < 1.29 is 12.8 Å². The van der Waals surface area contributed by atoms with Crippen molar-refractivity contribution in [1.29, 1.82) is 5.26 Å². The molecule has 0 saturated carbocycles. The van der Waals surface area contributed by atoms with E-state index in [1.54, 1.807) is 43.3 Å². The van der Waals surface area contributed by atoms with Gasteiger partial charge in [-0.1, -0.05) is 18.2 Å². The zero-order valence-corrected chi connectivity index (χ0v) is 11.0. The standard InChI is InChI=1S/C14H11NO3S/c1-11-7-8-12(18-11)9-14(10-15)19(16,17)13-5-3-2-4-6-13/h2-9H,1H3. The van der Waals surface area contributed by atoms with Crippen LogP contribution in [0.5, 0.6) is 0 Å². The molecule has 0 unspecified atom stereocenters. The summed E-state index contributed by atoms with van der Waals surface area (Å²) in [6.45, 7) is 1.75. The number of nitriles is 1. The van der Waals surface area contributed by atoms with Gasteiger partial charge in [0, 0.05) is 6.08 Å². The van der Waals surface area contributed by atoms with Crippen LogP contribution in [0.2, 0.25) is 0 Å². The molecule has 0 spiro atoms. The highest BCUT2D eigenvalue weighted by Gasteiger charge is 2.20. The minimum absolute atomic E-state index is 0.0890. The molecule has 0 bridgehead atoms. The molecular formula is C14H11NO3S. The Hall–Kier alpha value is -2.32. The van der Waals surface area contributed by atoms with Crippen LogP contribution in [0.1, 0.15) is 11.5 Å². The minimum atomic E-state index is -3.80.